The van der Waals surface area contributed by atoms with Crippen molar-refractivity contribution in [1.82, 2.24) is 0 Å². The average Bonchev–Trinajstić information content (AvgIpc) is 2.38. The van der Waals surface area contributed by atoms with Crippen LogP contribution in [0.1, 0.15) is 20.1 Å². The second-order valence-electron chi connectivity index (χ2n) is 2.85. The van der Waals surface area contributed by atoms with E-state index in [0.717, 1.165) is 18.4 Å². The summed E-state index contributed by atoms with van der Waals surface area (Å²) >= 11 is 1.05. The fraction of sp³-hybridized carbons (Fsp3) is 0.375. The van der Waals surface area contributed by atoms with E-state index in [1.807, 2.05) is 0 Å². The van der Waals surface area contributed by atoms with Gasteiger partial charge in [-0.3, -0.25) is 0 Å². The molecule has 0 saturated heterocycles. The Balaban J connectivity index is 3.58. The molecule has 0 spiro atoms. The second kappa shape index (κ2) is 3.90. The zero-order chi connectivity index (χ0) is 11.8. The molecule has 7 heteroatoms. The molecule has 0 aromatic carbocycles. The third-order valence-corrected chi connectivity index (χ3v) is 3.99. The molecule has 0 aliphatic rings. The Morgan fingerprint density at radius 3 is 2.27 bits per heavy atom. The molecule has 1 rings (SSSR count). The first kappa shape index (κ1) is 12.1. The molecule has 15 heavy (non-hydrogen) atoms. The lowest BCUT2D eigenvalue weighted by Crippen LogP contribution is -2.07. The van der Waals surface area contributed by atoms with Crippen molar-refractivity contribution >= 4 is 27.5 Å². The van der Waals surface area contributed by atoms with Crippen LogP contribution in [-0.2, 0) is 15.0 Å². The number of esters is 1. The van der Waals surface area contributed by atoms with E-state index in [2.05, 4.69) is 4.74 Å². The van der Waals surface area contributed by atoms with Gasteiger partial charge in [-0.1, -0.05) is 0 Å². The monoisotopic (exact) mass is 252 g/mol. The lowest BCUT2D eigenvalue weighted by atomic mass is 10.2. The molecule has 84 valence electrons. The van der Waals surface area contributed by atoms with Gasteiger partial charge in [0.2, 0.25) is 0 Å². The predicted octanol–water partition coefficient (Wildman–Crippen LogP) is 1.81. The summed E-state index contributed by atoms with van der Waals surface area (Å²) in [5, 5.41) is 0. The molecule has 0 fully saturated rings. The standard InChI is InChI=1S/C8H9FO4S2/c1-4-6(8(10)13-3)7(5(2)14-4)15(9,11)12/h1-3H3. The summed E-state index contributed by atoms with van der Waals surface area (Å²) in [6.07, 6.45) is 0. The van der Waals surface area contributed by atoms with E-state index in [1.165, 1.54) is 6.92 Å². The van der Waals surface area contributed by atoms with E-state index in [-0.39, 0.29) is 10.4 Å². The normalized spacial score (nSPS) is 11.5. The van der Waals surface area contributed by atoms with Crippen LogP contribution in [0.2, 0.25) is 0 Å². The highest BCUT2D eigenvalue weighted by Gasteiger charge is 2.29. The van der Waals surface area contributed by atoms with Gasteiger partial charge in [-0.15, -0.1) is 15.2 Å². The number of methoxy groups -OCH3 is 1. The first-order chi connectivity index (χ1) is 6.79. The molecule has 0 saturated carbocycles. The van der Waals surface area contributed by atoms with Crippen LogP contribution in [-0.4, -0.2) is 21.5 Å². The smallest absolute Gasteiger partial charge is 0.340 e. The molecular formula is C8H9FO4S2. The number of carbonyl (C=O) groups is 1. The highest BCUT2D eigenvalue weighted by Crippen LogP contribution is 2.32. The molecule has 0 aliphatic heterocycles. The van der Waals surface area contributed by atoms with Crippen molar-refractivity contribution < 1.29 is 21.8 Å². The van der Waals surface area contributed by atoms with E-state index in [9.17, 15) is 17.1 Å². The summed E-state index contributed by atoms with van der Waals surface area (Å²) in [7, 11) is -3.77. The number of rotatable bonds is 2. The zero-order valence-corrected chi connectivity index (χ0v) is 9.96. The van der Waals surface area contributed by atoms with Crippen LogP contribution in [0.25, 0.3) is 0 Å². The molecule has 1 aromatic rings. The number of halogens is 1. The van der Waals surface area contributed by atoms with Gasteiger partial charge in [0.25, 0.3) is 0 Å². The Morgan fingerprint density at radius 1 is 1.33 bits per heavy atom. The minimum Gasteiger partial charge on any atom is -0.465 e. The maximum absolute atomic E-state index is 12.9. The molecule has 0 atom stereocenters. The van der Waals surface area contributed by atoms with Crippen molar-refractivity contribution in [3.63, 3.8) is 0 Å². The van der Waals surface area contributed by atoms with Crippen molar-refractivity contribution in [2.75, 3.05) is 7.11 Å². The second-order valence-corrected chi connectivity index (χ2v) is 5.56. The van der Waals surface area contributed by atoms with Crippen LogP contribution >= 0.6 is 11.3 Å². The highest BCUT2D eigenvalue weighted by atomic mass is 32.3. The summed E-state index contributed by atoms with van der Waals surface area (Å²) in [5.74, 6) is -0.840. The van der Waals surface area contributed by atoms with E-state index >= 15 is 0 Å². The maximum Gasteiger partial charge on any atom is 0.340 e. The van der Waals surface area contributed by atoms with E-state index in [0.29, 0.717) is 4.88 Å². The number of aryl methyl sites for hydroxylation is 2. The summed E-state index contributed by atoms with van der Waals surface area (Å²) in [6.45, 7) is 2.98. The van der Waals surface area contributed by atoms with Crippen molar-refractivity contribution in [3.05, 3.63) is 15.3 Å². The van der Waals surface area contributed by atoms with Crippen LogP contribution in [0.3, 0.4) is 0 Å². The third-order valence-electron chi connectivity index (χ3n) is 1.84. The first-order valence-electron chi connectivity index (χ1n) is 3.92. The topological polar surface area (TPSA) is 60.4 Å². The van der Waals surface area contributed by atoms with E-state index in [1.54, 1.807) is 6.92 Å². The highest BCUT2D eigenvalue weighted by molar-refractivity contribution is 7.86. The fourth-order valence-electron chi connectivity index (χ4n) is 1.30. The number of hydrogen-bond donors (Lipinski definition) is 0. The van der Waals surface area contributed by atoms with Crippen molar-refractivity contribution in [3.8, 4) is 0 Å². The lowest BCUT2D eigenvalue weighted by molar-refractivity contribution is 0.0596. The molecule has 0 radical (unpaired) electrons. The molecule has 0 amide bonds. The molecule has 0 bridgehead atoms. The zero-order valence-electron chi connectivity index (χ0n) is 8.33. The van der Waals surface area contributed by atoms with Crippen LogP contribution in [0, 0.1) is 13.8 Å². The van der Waals surface area contributed by atoms with Crippen LogP contribution < -0.4 is 0 Å². The lowest BCUT2D eigenvalue weighted by Gasteiger charge is -2.00. The average molecular weight is 252 g/mol. The van der Waals surface area contributed by atoms with Crippen LogP contribution in [0.5, 0.6) is 0 Å². The minimum absolute atomic E-state index is 0.206. The van der Waals surface area contributed by atoms with Crippen molar-refractivity contribution in [2.24, 2.45) is 0 Å². The predicted molar refractivity (Wildman–Crippen MR) is 53.4 cm³/mol. The van der Waals surface area contributed by atoms with Gasteiger partial charge in [-0.05, 0) is 13.8 Å². The number of carbonyl (C=O) groups excluding carboxylic acids is 1. The SMILES string of the molecule is COC(=O)c1c(C)sc(C)c1S(=O)(=O)F. The van der Waals surface area contributed by atoms with Crippen molar-refractivity contribution in [1.29, 1.82) is 0 Å². The summed E-state index contributed by atoms with van der Waals surface area (Å²) < 4.78 is 39.0. The fourth-order valence-corrected chi connectivity index (χ4v) is 3.55. The maximum atomic E-state index is 12.9. The molecule has 0 aliphatic carbocycles. The molecule has 1 heterocycles. The molecular weight excluding hydrogens is 243 g/mol. The number of thiophene rings is 1. The Morgan fingerprint density at radius 2 is 1.87 bits per heavy atom. The van der Waals surface area contributed by atoms with Gasteiger partial charge in [-0.25, -0.2) is 4.79 Å². The summed E-state index contributed by atoms with van der Waals surface area (Å²) in [4.78, 5) is 11.4. The Kier molecular flexibility index (Phi) is 3.15. The van der Waals surface area contributed by atoms with Gasteiger partial charge in [0.05, 0.1) is 12.7 Å². The molecule has 0 unspecified atom stereocenters. The van der Waals surface area contributed by atoms with Crippen LogP contribution in [0.15, 0.2) is 4.90 Å². The van der Waals surface area contributed by atoms with Gasteiger partial charge < -0.3 is 4.74 Å². The quantitative estimate of drug-likeness (QED) is 0.595. The summed E-state index contributed by atoms with van der Waals surface area (Å²) in [6, 6.07) is 0. The molecule has 1 aromatic heterocycles. The van der Waals surface area contributed by atoms with Gasteiger partial charge >= 0.3 is 16.2 Å². The first-order valence-corrected chi connectivity index (χ1v) is 6.12. The van der Waals surface area contributed by atoms with E-state index in [4.69, 9.17) is 0 Å². The Labute approximate surface area is 90.9 Å². The molecule has 4 nitrogen and oxygen atoms in total. The number of hydrogen-bond acceptors (Lipinski definition) is 5. The van der Waals surface area contributed by atoms with Crippen LogP contribution in [0.4, 0.5) is 3.89 Å². The van der Waals surface area contributed by atoms with E-state index < -0.39 is 21.1 Å². The van der Waals surface area contributed by atoms with Gasteiger partial charge in [0.15, 0.2) is 0 Å². The Hall–Kier alpha value is -0.950. The minimum atomic E-state index is -4.89. The Bertz CT molecular complexity index is 501. The molecule has 0 N–H and O–H groups in total. The largest absolute Gasteiger partial charge is 0.465 e. The van der Waals surface area contributed by atoms with Crippen molar-refractivity contribution in [2.45, 2.75) is 18.7 Å². The number of ether oxygens (including phenoxy) is 1. The van der Waals surface area contributed by atoms with Gasteiger partial charge in [0, 0.05) is 9.75 Å². The van der Waals surface area contributed by atoms with Gasteiger partial charge in [-0.2, -0.15) is 8.42 Å². The summed E-state index contributed by atoms with van der Waals surface area (Å²) in [5.41, 5.74) is -0.206. The van der Waals surface area contributed by atoms with Gasteiger partial charge in [0.1, 0.15) is 4.90 Å². The third kappa shape index (κ3) is 2.18.